The van der Waals surface area contributed by atoms with Crippen LogP contribution in [0.15, 0.2) is 0 Å². The van der Waals surface area contributed by atoms with Crippen LogP contribution in [-0.4, -0.2) is 39.0 Å². The van der Waals surface area contributed by atoms with Gasteiger partial charge in [-0.2, -0.15) is 0 Å². The molecule has 0 aliphatic rings. The molecule has 0 spiro atoms. The van der Waals surface area contributed by atoms with Crippen molar-refractivity contribution in [1.29, 1.82) is 5.41 Å². The van der Waals surface area contributed by atoms with E-state index in [-0.39, 0.29) is 0 Å². The lowest BCUT2D eigenvalue weighted by atomic mass is 10.1. The summed E-state index contributed by atoms with van der Waals surface area (Å²) in [6, 6.07) is 0. The highest BCUT2D eigenvalue weighted by molar-refractivity contribution is 5.49. The molecule has 0 radical (unpaired) electrons. The second-order valence-corrected chi connectivity index (χ2v) is 3.96. The average molecular weight is 281 g/mol. The molecule has 5 nitrogen and oxygen atoms in total. The first-order chi connectivity index (χ1) is 9.22. The molecule has 0 saturated carbocycles. The first-order valence-corrected chi connectivity index (χ1v) is 6.82. The molecule has 6 heteroatoms. The van der Waals surface area contributed by atoms with Crippen LogP contribution in [-0.2, 0) is 9.98 Å². The van der Waals surface area contributed by atoms with Gasteiger partial charge in [-0.15, -0.1) is 0 Å². The largest absolute Gasteiger partial charge is 0.366 e. The number of rotatable bonds is 10. The van der Waals surface area contributed by atoms with E-state index in [4.69, 9.17) is 5.41 Å². The van der Waals surface area contributed by atoms with Crippen molar-refractivity contribution in [3.63, 3.8) is 0 Å². The summed E-state index contributed by atoms with van der Waals surface area (Å²) >= 11 is 0. The second-order valence-electron chi connectivity index (χ2n) is 3.96. The maximum Gasteiger partial charge on any atom is 0.0814 e. The molecule has 0 heterocycles. The zero-order chi connectivity index (χ0) is 15.4. The van der Waals surface area contributed by atoms with E-state index in [9.17, 15) is 4.53 Å². The zero-order valence-corrected chi connectivity index (χ0v) is 13.0. The highest BCUT2D eigenvalue weighted by atomic mass is 19.3. The van der Waals surface area contributed by atoms with E-state index in [1.54, 1.807) is 0 Å². The lowest BCUT2D eigenvalue weighted by molar-refractivity contribution is -0.415. The molecule has 0 aromatic carbocycles. The Morgan fingerprint density at radius 1 is 1.11 bits per heavy atom. The van der Waals surface area contributed by atoms with Gasteiger partial charge in [0.05, 0.1) is 13.4 Å². The van der Waals surface area contributed by atoms with Crippen LogP contribution >= 0.6 is 0 Å². The summed E-state index contributed by atoms with van der Waals surface area (Å²) in [4.78, 5) is 5.31. The third-order valence-electron chi connectivity index (χ3n) is 2.40. The number of hydrogen-bond acceptors (Lipinski definition) is 4. The minimum Gasteiger partial charge on any atom is -0.366 e. The topological polar surface area (TPSA) is 71.6 Å². The number of nitrogens with one attached hydrogen (secondary N) is 1. The highest BCUT2D eigenvalue weighted by Gasteiger charge is 1.92. The predicted octanol–water partition coefficient (Wildman–Crippen LogP) is 3.30. The maximum absolute atomic E-state index is 10.0. The number of halogens is 1. The van der Waals surface area contributed by atoms with Crippen LogP contribution in [0.4, 0.5) is 4.53 Å². The molecule has 0 aliphatic carbocycles. The number of unbranched alkanes of at least 4 members (excludes halogenated alkanes) is 6. The van der Waals surface area contributed by atoms with Crippen LogP contribution < -0.4 is 5.73 Å². The van der Waals surface area contributed by atoms with Crippen molar-refractivity contribution >= 4 is 6.34 Å². The van der Waals surface area contributed by atoms with Gasteiger partial charge in [0.15, 0.2) is 0 Å². The molecular weight excluding hydrogens is 249 g/mol. The number of hydrogen-bond donors (Lipinski definition) is 2. The first-order valence-electron chi connectivity index (χ1n) is 6.82. The van der Waals surface area contributed by atoms with Crippen LogP contribution in [0.3, 0.4) is 0 Å². The quantitative estimate of drug-likeness (QED) is 0.212. The Balaban J connectivity index is -0.000000361. The van der Waals surface area contributed by atoms with Crippen LogP contribution in [0.1, 0.15) is 51.9 Å². The van der Waals surface area contributed by atoms with Crippen molar-refractivity contribution in [2.75, 3.05) is 27.7 Å². The van der Waals surface area contributed by atoms with Gasteiger partial charge in [-0.3, -0.25) is 5.41 Å². The van der Waals surface area contributed by atoms with Crippen molar-refractivity contribution in [3.8, 4) is 0 Å². The Morgan fingerprint density at radius 2 is 1.53 bits per heavy atom. The summed E-state index contributed by atoms with van der Waals surface area (Å²) in [6.07, 6.45) is 10.8. The van der Waals surface area contributed by atoms with Gasteiger partial charge in [-0.05, 0) is 23.1 Å². The predicted molar refractivity (Wildman–Crippen MR) is 78.7 cm³/mol. The van der Waals surface area contributed by atoms with Crippen molar-refractivity contribution in [1.82, 2.24) is 4.90 Å². The molecular formula is C13H32FN3O2. The molecule has 0 aromatic heterocycles. The van der Waals surface area contributed by atoms with E-state index in [1.165, 1.54) is 58.3 Å². The fourth-order valence-corrected chi connectivity index (χ4v) is 1.38. The standard InChI is InChI=1S/C11H24N2.CH3FO2.CH5N/c1-3-4-5-6-7-8-9-10-13(2)11-12;1-3-4-2;1-2/h11-12H,3-10H2,1-2H3;1H3;2H2,1H3. The Morgan fingerprint density at radius 3 is 1.89 bits per heavy atom. The van der Waals surface area contributed by atoms with Gasteiger partial charge in [0.25, 0.3) is 0 Å². The minimum atomic E-state index is 1.04. The second kappa shape index (κ2) is 26.0. The minimum absolute atomic E-state index is 1.04. The molecule has 0 saturated heterocycles. The lowest BCUT2D eigenvalue weighted by Crippen LogP contribution is -2.16. The molecule has 0 fully saturated rings. The fraction of sp³-hybridized carbons (Fsp3) is 0.923. The van der Waals surface area contributed by atoms with Gasteiger partial charge in [-0.25, -0.2) is 4.89 Å². The van der Waals surface area contributed by atoms with E-state index in [0.29, 0.717) is 0 Å². The molecule has 0 amide bonds. The zero-order valence-electron chi connectivity index (χ0n) is 13.0. The van der Waals surface area contributed by atoms with E-state index in [2.05, 4.69) is 22.6 Å². The van der Waals surface area contributed by atoms with Crippen LogP contribution in [0, 0.1) is 5.41 Å². The summed E-state index contributed by atoms with van der Waals surface area (Å²) < 4.78 is 10.0. The Kier molecular flexibility index (Phi) is 32.0. The van der Waals surface area contributed by atoms with Crippen molar-refractivity contribution in [3.05, 3.63) is 0 Å². The Hall–Kier alpha value is -0.720. The van der Waals surface area contributed by atoms with Crippen LogP contribution in [0.5, 0.6) is 0 Å². The molecule has 0 atom stereocenters. The Labute approximate surface area is 117 Å². The van der Waals surface area contributed by atoms with Gasteiger partial charge in [-0.1, -0.05) is 45.4 Å². The van der Waals surface area contributed by atoms with Crippen molar-refractivity contribution < 1.29 is 14.5 Å². The molecule has 118 valence electrons. The molecule has 0 unspecified atom stereocenters. The van der Waals surface area contributed by atoms with Crippen LogP contribution in [0.25, 0.3) is 0 Å². The summed E-state index contributed by atoms with van der Waals surface area (Å²) in [5.41, 5.74) is 4.50. The molecule has 3 N–H and O–H groups in total. The summed E-state index contributed by atoms with van der Waals surface area (Å²) in [5.74, 6) is 0. The van der Waals surface area contributed by atoms with Crippen molar-refractivity contribution in [2.45, 2.75) is 51.9 Å². The molecule has 0 aliphatic heterocycles. The van der Waals surface area contributed by atoms with E-state index in [0.717, 1.165) is 13.7 Å². The summed E-state index contributed by atoms with van der Waals surface area (Å²) in [6.45, 7) is 3.29. The lowest BCUT2D eigenvalue weighted by Gasteiger charge is -2.10. The third kappa shape index (κ3) is 31.7. The average Bonchev–Trinajstić information content (AvgIpc) is 2.48. The van der Waals surface area contributed by atoms with Gasteiger partial charge in [0.2, 0.25) is 0 Å². The van der Waals surface area contributed by atoms with Gasteiger partial charge in [0.1, 0.15) is 0 Å². The molecule has 19 heavy (non-hydrogen) atoms. The van der Waals surface area contributed by atoms with Gasteiger partial charge >= 0.3 is 0 Å². The monoisotopic (exact) mass is 281 g/mol. The SMILES string of the molecule is CCCCCCCCCN(C)C=N.CN.COOF. The Bertz CT molecular complexity index is 150. The van der Waals surface area contributed by atoms with E-state index < -0.39 is 0 Å². The highest BCUT2D eigenvalue weighted by Crippen LogP contribution is 2.06. The van der Waals surface area contributed by atoms with E-state index in [1.807, 2.05) is 11.9 Å². The van der Waals surface area contributed by atoms with Gasteiger partial charge in [0, 0.05) is 13.6 Å². The molecule has 0 bridgehead atoms. The summed E-state index contributed by atoms with van der Waals surface area (Å²) in [5, 5.41) is 9.52. The maximum atomic E-state index is 10.0. The van der Waals surface area contributed by atoms with Crippen LogP contribution in [0.2, 0.25) is 0 Å². The first kappa shape index (κ1) is 23.4. The van der Waals surface area contributed by atoms with E-state index >= 15 is 0 Å². The number of nitrogens with two attached hydrogens (primary N) is 1. The number of nitrogens with zero attached hydrogens (tertiary/aromatic N) is 1. The summed E-state index contributed by atoms with van der Waals surface area (Å²) in [7, 11) is 4.55. The van der Waals surface area contributed by atoms with Gasteiger partial charge < -0.3 is 10.6 Å². The fourth-order valence-electron chi connectivity index (χ4n) is 1.38. The molecule has 0 rings (SSSR count). The smallest absolute Gasteiger partial charge is 0.0814 e. The third-order valence-corrected chi connectivity index (χ3v) is 2.40. The molecule has 0 aromatic rings. The van der Waals surface area contributed by atoms with Crippen molar-refractivity contribution in [2.24, 2.45) is 5.73 Å². The normalized spacial score (nSPS) is 8.74.